The highest BCUT2D eigenvalue weighted by molar-refractivity contribution is 5.82. The number of furan rings is 1. The van der Waals surface area contributed by atoms with E-state index in [9.17, 15) is 9.18 Å². The molecule has 0 saturated heterocycles. The highest BCUT2D eigenvalue weighted by Crippen LogP contribution is 2.25. The molecule has 1 aromatic carbocycles. The number of rotatable bonds is 5. The Kier molecular flexibility index (Phi) is 4.80. The molecule has 2 aromatic rings. The third-order valence-corrected chi connectivity index (χ3v) is 3.44. The molecule has 2 N–H and O–H groups in total. The lowest BCUT2D eigenvalue weighted by atomic mass is 10.1. The van der Waals surface area contributed by atoms with Gasteiger partial charge in [0, 0.05) is 24.0 Å². The molecule has 0 radical (unpaired) electrons. The quantitative estimate of drug-likeness (QED) is 0.890. The molecule has 0 aliphatic heterocycles. The molecule has 0 unspecified atom stereocenters. The smallest absolute Gasteiger partial charge is 0.317 e. The van der Waals surface area contributed by atoms with Gasteiger partial charge in [-0.05, 0) is 32.0 Å². The van der Waals surface area contributed by atoms with Crippen LogP contribution in [0.5, 0.6) is 0 Å². The number of carbonyl (C=O) groups excluding carboxylic acids is 1. The maximum atomic E-state index is 13.2. The average molecular weight is 294 g/mol. The number of amides is 2. The van der Waals surface area contributed by atoms with E-state index >= 15 is 0 Å². The summed E-state index contributed by atoms with van der Waals surface area (Å²) in [6, 6.07) is 4.07. The van der Waals surface area contributed by atoms with Crippen LogP contribution in [0.25, 0.3) is 11.0 Å². The van der Waals surface area contributed by atoms with Crippen LogP contribution in [0.3, 0.4) is 0 Å². The standard InChI is InChI=1S/C15H19FN2O3/c1-3-18(6-7-19)15(20)17-9-14-10(2)12-8-11(16)4-5-13(12)21-14/h4-5,8,19H,3,6-7,9H2,1-2H3,(H,17,20). The number of nitrogens with one attached hydrogen (secondary N) is 1. The maximum absolute atomic E-state index is 13.2. The predicted octanol–water partition coefficient (Wildman–Crippen LogP) is 2.40. The molecular formula is C15H19FN2O3. The lowest BCUT2D eigenvalue weighted by Crippen LogP contribution is -2.41. The zero-order valence-corrected chi connectivity index (χ0v) is 12.1. The Morgan fingerprint density at radius 2 is 2.24 bits per heavy atom. The Bertz CT molecular complexity index is 639. The lowest BCUT2D eigenvalue weighted by Gasteiger charge is -2.19. The van der Waals surface area contributed by atoms with E-state index in [1.165, 1.54) is 17.0 Å². The van der Waals surface area contributed by atoms with Crippen LogP contribution in [0, 0.1) is 12.7 Å². The number of nitrogens with zero attached hydrogens (tertiary/aromatic N) is 1. The summed E-state index contributed by atoms with van der Waals surface area (Å²) in [6.07, 6.45) is 0. The van der Waals surface area contributed by atoms with E-state index in [0.717, 1.165) is 5.56 Å². The third-order valence-electron chi connectivity index (χ3n) is 3.44. The highest BCUT2D eigenvalue weighted by atomic mass is 19.1. The van der Waals surface area contributed by atoms with Gasteiger partial charge in [0.25, 0.3) is 0 Å². The number of halogens is 1. The van der Waals surface area contributed by atoms with E-state index in [0.29, 0.717) is 23.3 Å². The zero-order chi connectivity index (χ0) is 15.4. The summed E-state index contributed by atoms with van der Waals surface area (Å²) in [5.74, 6) is 0.283. The number of aliphatic hydroxyl groups excluding tert-OH is 1. The second-order valence-corrected chi connectivity index (χ2v) is 4.75. The zero-order valence-electron chi connectivity index (χ0n) is 12.1. The average Bonchev–Trinajstić information content (AvgIpc) is 2.78. The van der Waals surface area contributed by atoms with Crippen molar-refractivity contribution in [2.75, 3.05) is 19.7 Å². The Morgan fingerprint density at radius 3 is 2.90 bits per heavy atom. The summed E-state index contributed by atoms with van der Waals surface area (Å²) >= 11 is 0. The second kappa shape index (κ2) is 6.58. The van der Waals surface area contributed by atoms with Gasteiger partial charge in [0.05, 0.1) is 13.2 Å². The van der Waals surface area contributed by atoms with Gasteiger partial charge in [-0.25, -0.2) is 9.18 Å². The highest BCUT2D eigenvalue weighted by Gasteiger charge is 2.14. The largest absolute Gasteiger partial charge is 0.459 e. The van der Waals surface area contributed by atoms with Crippen molar-refractivity contribution >= 4 is 17.0 Å². The lowest BCUT2D eigenvalue weighted by molar-refractivity contribution is 0.179. The number of aliphatic hydroxyl groups is 1. The van der Waals surface area contributed by atoms with Gasteiger partial charge in [-0.2, -0.15) is 0 Å². The van der Waals surface area contributed by atoms with Crippen LogP contribution < -0.4 is 5.32 Å². The number of carbonyl (C=O) groups is 1. The number of aryl methyl sites for hydroxylation is 1. The Balaban J connectivity index is 2.10. The Morgan fingerprint density at radius 1 is 1.48 bits per heavy atom. The summed E-state index contributed by atoms with van der Waals surface area (Å²) in [4.78, 5) is 13.4. The first-order chi connectivity index (χ1) is 10.1. The van der Waals surface area contributed by atoms with Gasteiger partial charge in [-0.15, -0.1) is 0 Å². The number of hydrogen-bond acceptors (Lipinski definition) is 3. The van der Waals surface area contributed by atoms with Gasteiger partial charge in [0.2, 0.25) is 0 Å². The van der Waals surface area contributed by atoms with E-state index in [1.54, 1.807) is 6.07 Å². The van der Waals surface area contributed by atoms with E-state index in [-0.39, 0.29) is 31.5 Å². The minimum absolute atomic E-state index is 0.0792. The van der Waals surface area contributed by atoms with Crippen LogP contribution in [-0.4, -0.2) is 35.7 Å². The molecular weight excluding hydrogens is 275 g/mol. The van der Waals surface area contributed by atoms with Crippen LogP contribution in [0.15, 0.2) is 22.6 Å². The third kappa shape index (κ3) is 3.33. The number of benzene rings is 1. The Labute approximate surface area is 122 Å². The molecule has 0 saturated carbocycles. The molecule has 0 spiro atoms. The van der Waals surface area contributed by atoms with Crippen LogP contribution in [0.4, 0.5) is 9.18 Å². The first kappa shape index (κ1) is 15.3. The van der Waals surface area contributed by atoms with E-state index in [4.69, 9.17) is 9.52 Å². The number of urea groups is 1. The minimum Gasteiger partial charge on any atom is -0.459 e. The number of likely N-dealkylation sites (N-methyl/N-ethyl adjacent to an activating group) is 1. The van der Waals surface area contributed by atoms with E-state index < -0.39 is 0 Å². The summed E-state index contributed by atoms with van der Waals surface area (Å²) in [5, 5.41) is 12.3. The van der Waals surface area contributed by atoms with Crippen LogP contribution in [0.2, 0.25) is 0 Å². The molecule has 6 heteroatoms. The fourth-order valence-corrected chi connectivity index (χ4v) is 2.20. The summed E-state index contributed by atoms with van der Waals surface area (Å²) < 4.78 is 18.9. The van der Waals surface area contributed by atoms with Crippen LogP contribution >= 0.6 is 0 Å². The molecule has 0 aliphatic carbocycles. The van der Waals surface area contributed by atoms with Crippen molar-refractivity contribution in [1.82, 2.24) is 10.2 Å². The molecule has 2 amide bonds. The molecule has 0 atom stereocenters. The molecule has 5 nitrogen and oxygen atoms in total. The van der Waals surface area contributed by atoms with E-state index in [2.05, 4.69) is 5.32 Å². The van der Waals surface area contributed by atoms with Crippen molar-refractivity contribution in [3.63, 3.8) is 0 Å². The molecule has 114 valence electrons. The van der Waals surface area contributed by atoms with Gasteiger partial charge in [-0.1, -0.05) is 0 Å². The van der Waals surface area contributed by atoms with E-state index in [1.807, 2.05) is 13.8 Å². The van der Waals surface area contributed by atoms with Crippen molar-refractivity contribution in [2.24, 2.45) is 0 Å². The first-order valence-corrected chi connectivity index (χ1v) is 6.88. The SMILES string of the molecule is CCN(CCO)C(=O)NCc1oc2ccc(F)cc2c1C. The number of hydrogen-bond donors (Lipinski definition) is 2. The molecule has 0 aliphatic rings. The molecule has 21 heavy (non-hydrogen) atoms. The summed E-state index contributed by atoms with van der Waals surface area (Å²) in [7, 11) is 0. The fraction of sp³-hybridized carbons (Fsp3) is 0.400. The summed E-state index contributed by atoms with van der Waals surface area (Å²) in [5.41, 5.74) is 1.41. The monoisotopic (exact) mass is 294 g/mol. The molecule has 1 heterocycles. The van der Waals surface area contributed by atoms with Crippen molar-refractivity contribution in [3.05, 3.63) is 35.3 Å². The van der Waals surface area contributed by atoms with Crippen molar-refractivity contribution in [2.45, 2.75) is 20.4 Å². The second-order valence-electron chi connectivity index (χ2n) is 4.75. The summed E-state index contributed by atoms with van der Waals surface area (Å²) in [6.45, 7) is 4.61. The molecule has 0 fully saturated rings. The molecule has 0 bridgehead atoms. The molecule has 2 rings (SSSR count). The van der Waals surface area contributed by atoms with Gasteiger partial charge in [0.1, 0.15) is 17.2 Å². The first-order valence-electron chi connectivity index (χ1n) is 6.88. The van der Waals surface area contributed by atoms with Gasteiger partial charge < -0.3 is 19.7 Å². The minimum atomic E-state index is -0.318. The van der Waals surface area contributed by atoms with Crippen LogP contribution in [0.1, 0.15) is 18.2 Å². The maximum Gasteiger partial charge on any atom is 0.317 e. The Hall–Kier alpha value is -2.08. The number of fused-ring (bicyclic) bond motifs is 1. The van der Waals surface area contributed by atoms with Gasteiger partial charge >= 0.3 is 6.03 Å². The topological polar surface area (TPSA) is 65.7 Å². The van der Waals surface area contributed by atoms with Gasteiger partial charge in [0.15, 0.2) is 0 Å². The fourth-order valence-electron chi connectivity index (χ4n) is 2.20. The van der Waals surface area contributed by atoms with Crippen molar-refractivity contribution in [3.8, 4) is 0 Å². The van der Waals surface area contributed by atoms with Crippen molar-refractivity contribution in [1.29, 1.82) is 0 Å². The van der Waals surface area contributed by atoms with Crippen LogP contribution in [-0.2, 0) is 6.54 Å². The normalized spacial score (nSPS) is 10.9. The van der Waals surface area contributed by atoms with Crippen molar-refractivity contribution < 1.29 is 18.7 Å². The van der Waals surface area contributed by atoms with Gasteiger partial charge in [-0.3, -0.25) is 0 Å². The molecule has 1 aromatic heterocycles. The predicted molar refractivity (Wildman–Crippen MR) is 77.5 cm³/mol.